The molecule has 2 atom stereocenters. The molecule has 37 heavy (non-hydrogen) atoms. The number of halogens is 1. The lowest BCUT2D eigenvalue weighted by Gasteiger charge is -2.40. The van der Waals surface area contributed by atoms with Gasteiger partial charge < -0.3 is 4.90 Å². The van der Waals surface area contributed by atoms with Gasteiger partial charge in [-0.25, -0.2) is 13.1 Å². The van der Waals surface area contributed by atoms with Crippen molar-refractivity contribution in [3.05, 3.63) is 113 Å². The minimum Gasteiger partial charge on any atom is -0.336 e. The van der Waals surface area contributed by atoms with Crippen LogP contribution in [0.15, 0.2) is 95.9 Å². The lowest BCUT2D eigenvalue weighted by Crippen LogP contribution is -2.51. The van der Waals surface area contributed by atoms with Crippen molar-refractivity contribution in [1.82, 2.24) is 14.5 Å². The van der Waals surface area contributed by atoms with Gasteiger partial charge in [0.25, 0.3) is 5.91 Å². The van der Waals surface area contributed by atoms with Crippen molar-refractivity contribution in [3.63, 3.8) is 0 Å². The standard InChI is InChI=1S/C29H26ClN3O3S/c30-22-12-14-23(15-13-22)37(35,36)31-27-24-10-4-8-20-9-5-11-25(26(20)24)28(27)32-16-18-33(19-17-32)29(34)21-6-2-1-3-7-21/h1-15,27-28,31H,16-19H2/t27-,28-/m0/s1. The van der Waals surface area contributed by atoms with Crippen LogP contribution >= 0.6 is 11.6 Å². The van der Waals surface area contributed by atoms with Gasteiger partial charge in [-0.05, 0) is 58.3 Å². The molecule has 1 saturated heterocycles. The van der Waals surface area contributed by atoms with Gasteiger partial charge in [0.1, 0.15) is 0 Å². The van der Waals surface area contributed by atoms with Crippen LogP contribution in [0.4, 0.5) is 0 Å². The van der Waals surface area contributed by atoms with Crippen LogP contribution in [0.3, 0.4) is 0 Å². The van der Waals surface area contributed by atoms with E-state index in [1.54, 1.807) is 12.1 Å². The van der Waals surface area contributed by atoms with E-state index in [0.29, 0.717) is 36.8 Å². The molecule has 1 N–H and O–H groups in total. The van der Waals surface area contributed by atoms with E-state index in [1.807, 2.05) is 53.4 Å². The Kier molecular flexibility index (Phi) is 6.24. The van der Waals surface area contributed by atoms with E-state index in [4.69, 9.17) is 11.6 Å². The van der Waals surface area contributed by atoms with E-state index in [-0.39, 0.29) is 16.8 Å². The van der Waals surface area contributed by atoms with Gasteiger partial charge in [-0.2, -0.15) is 0 Å². The number of hydrogen-bond acceptors (Lipinski definition) is 4. The molecular weight excluding hydrogens is 506 g/mol. The second-order valence-electron chi connectivity index (χ2n) is 9.48. The summed E-state index contributed by atoms with van der Waals surface area (Å²) in [4.78, 5) is 17.4. The summed E-state index contributed by atoms with van der Waals surface area (Å²) in [6.07, 6.45) is 0. The third kappa shape index (κ3) is 4.42. The van der Waals surface area contributed by atoms with Crippen LogP contribution in [0.25, 0.3) is 10.8 Å². The first-order chi connectivity index (χ1) is 17.9. The Morgan fingerprint density at radius 3 is 2.11 bits per heavy atom. The van der Waals surface area contributed by atoms with Gasteiger partial charge in [0.2, 0.25) is 10.0 Å². The first-order valence-corrected chi connectivity index (χ1v) is 14.2. The molecule has 2 aliphatic rings. The zero-order valence-corrected chi connectivity index (χ0v) is 21.6. The van der Waals surface area contributed by atoms with Gasteiger partial charge in [-0.1, -0.05) is 66.2 Å². The normalized spacial score (nSPS) is 19.9. The number of hydrogen-bond donors (Lipinski definition) is 1. The molecule has 6 rings (SSSR count). The summed E-state index contributed by atoms with van der Waals surface area (Å²) in [6.45, 7) is 2.44. The molecule has 0 bridgehead atoms. The first-order valence-electron chi connectivity index (χ1n) is 12.3. The molecule has 1 fully saturated rings. The van der Waals surface area contributed by atoms with Crippen molar-refractivity contribution in [2.24, 2.45) is 0 Å². The van der Waals surface area contributed by atoms with Gasteiger partial charge in [0, 0.05) is 36.8 Å². The maximum Gasteiger partial charge on any atom is 0.253 e. The number of sulfonamides is 1. The van der Waals surface area contributed by atoms with Crippen molar-refractivity contribution in [2.45, 2.75) is 17.0 Å². The number of rotatable bonds is 5. The second kappa shape index (κ2) is 9.58. The first kappa shape index (κ1) is 24.1. The van der Waals surface area contributed by atoms with E-state index in [1.165, 1.54) is 12.1 Å². The van der Waals surface area contributed by atoms with Crippen molar-refractivity contribution in [1.29, 1.82) is 0 Å². The smallest absolute Gasteiger partial charge is 0.253 e. The molecule has 0 saturated carbocycles. The number of nitrogens with zero attached hydrogens (tertiary/aromatic N) is 2. The highest BCUT2D eigenvalue weighted by atomic mass is 35.5. The molecule has 1 aliphatic carbocycles. The van der Waals surface area contributed by atoms with E-state index < -0.39 is 16.1 Å². The summed E-state index contributed by atoms with van der Waals surface area (Å²) >= 11 is 5.99. The maximum absolute atomic E-state index is 13.5. The van der Waals surface area contributed by atoms with Gasteiger partial charge in [-0.3, -0.25) is 9.69 Å². The van der Waals surface area contributed by atoms with Crippen LogP contribution in [0.1, 0.15) is 33.6 Å². The van der Waals surface area contributed by atoms with E-state index in [0.717, 1.165) is 21.9 Å². The molecule has 0 spiro atoms. The highest BCUT2D eigenvalue weighted by Gasteiger charge is 2.41. The van der Waals surface area contributed by atoms with Crippen molar-refractivity contribution in [3.8, 4) is 0 Å². The Hall–Kier alpha value is -3.23. The van der Waals surface area contributed by atoms with Gasteiger partial charge in [-0.15, -0.1) is 0 Å². The Bertz CT molecular complexity index is 1560. The minimum absolute atomic E-state index is 0.0250. The number of benzene rings is 4. The largest absolute Gasteiger partial charge is 0.336 e. The monoisotopic (exact) mass is 531 g/mol. The van der Waals surface area contributed by atoms with Crippen LogP contribution in [0.2, 0.25) is 5.02 Å². The summed E-state index contributed by atoms with van der Waals surface area (Å²) < 4.78 is 30.0. The SMILES string of the molecule is O=C(c1ccccc1)N1CCN([C@H]2c3cccc4cccc(c34)[C@@H]2NS(=O)(=O)c2ccc(Cl)cc2)CC1. The van der Waals surface area contributed by atoms with E-state index >= 15 is 0 Å². The van der Waals surface area contributed by atoms with Gasteiger partial charge >= 0.3 is 0 Å². The predicted molar refractivity (Wildman–Crippen MR) is 145 cm³/mol. The lowest BCUT2D eigenvalue weighted by molar-refractivity contribution is 0.0539. The van der Waals surface area contributed by atoms with Crippen LogP contribution in [0.5, 0.6) is 0 Å². The quantitative estimate of drug-likeness (QED) is 0.392. The Balaban J connectivity index is 1.31. The molecule has 0 radical (unpaired) electrons. The highest BCUT2D eigenvalue weighted by molar-refractivity contribution is 7.89. The van der Waals surface area contributed by atoms with Crippen molar-refractivity contribution >= 4 is 38.3 Å². The second-order valence-corrected chi connectivity index (χ2v) is 11.6. The average molecular weight is 532 g/mol. The Morgan fingerprint density at radius 2 is 1.43 bits per heavy atom. The van der Waals surface area contributed by atoms with E-state index in [9.17, 15) is 13.2 Å². The predicted octanol–water partition coefficient (Wildman–Crippen LogP) is 5.03. The maximum atomic E-state index is 13.5. The average Bonchev–Trinajstić information content (AvgIpc) is 3.23. The third-order valence-corrected chi connectivity index (χ3v) is 9.07. The molecule has 188 valence electrons. The Morgan fingerprint density at radius 1 is 0.784 bits per heavy atom. The zero-order valence-electron chi connectivity index (χ0n) is 20.0. The molecule has 1 aliphatic heterocycles. The van der Waals surface area contributed by atoms with Crippen LogP contribution in [0, 0.1) is 0 Å². The highest BCUT2D eigenvalue weighted by Crippen LogP contribution is 2.47. The lowest BCUT2D eigenvalue weighted by atomic mass is 10.0. The van der Waals surface area contributed by atoms with E-state index in [2.05, 4.69) is 27.8 Å². The molecule has 4 aromatic carbocycles. The molecule has 4 aromatic rings. The third-order valence-electron chi connectivity index (χ3n) is 7.36. The van der Waals surface area contributed by atoms with Crippen LogP contribution in [-0.4, -0.2) is 50.3 Å². The molecule has 8 heteroatoms. The fourth-order valence-electron chi connectivity index (χ4n) is 5.61. The molecule has 1 heterocycles. The number of carbonyl (C=O) groups is 1. The fraction of sp³-hybridized carbons (Fsp3) is 0.207. The van der Waals surface area contributed by atoms with Crippen LogP contribution in [-0.2, 0) is 10.0 Å². The summed E-state index contributed by atoms with van der Waals surface area (Å²) in [6, 6.07) is 27.1. The molecule has 6 nitrogen and oxygen atoms in total. The zero-order chi connectivity index (χ0) is 25.6. The minimum atomic E-state index is -3.81. The van der Waals surface area contributed by atoms with Crippen LogP contribution < -0.4 is 4.72 Å². The molecule has 0 unspecified atom stereocenters. The molecule has 1 amide bonds. The topological polar surface area (TPSA) is 69.7 Å². The summed E-state index contributed by atoms with van der Waals surface area (Å²) in [7, 11) is -3.81. The number of carbonyl (C=O) groups excluding carboxylic acids is 1. The molecule has 0 aromatic heterocycles. The molecular formula is C29H26ClN3O3S. The summed E-state index contributed by atoms with van der Waals surface area (Å²) in [5.74, 6) is 0.0250. The fourth-order valence-corrected chi connectivity index (χ4v) is 6.95. The summed E-state index contributed by atoms with van der Waals surface area (Å²) in [5.41, 5.74) is 2.76. The van der Waals surface area contributed by atoms with Crippen molar-refractivity contribution < 1.29 is 13.2 Å². The Labute approximate surface area is 221 Å². The number of amides is 1. The van der Waals surface area contributed by atoms with Gasteiger partial charge in [0.15, 0.2) is 0 Å². The van der Waals surface area contributed by atoms with Gasteiger partial charge in [0.05, 0.1) is 17.0 Å². The number of nitrogens with one attached hydrogen (secondary N) is 1. The van der Waals surface area contributed by atoms with Crippen molar-refractivity contribution in [2.75, 3.05) is 26.2 Å². The summed E-state index contributed by atoms with van der Waals surface area (Å²) in [5, 5.41) is 2.67. The number of piperazine rings is 1.